The number of hydrogen-bond acceptors (Lipinski definition) is 6. The van der Waals surface area contributed by atoms with Crippen LogP contribution >= 0.6 is 7.82 Å². The first kappa shape index (κ1) is 60.7. The lowest BCUT2D eigenvalue weighted by molar-refractivity contribution is -0.870. The van der Waals surface area contributed by atoms with Crippen molar-refractivity contribution in [1.82, 2.24) is 5.32 Å². The number of phosphoric acid groups is 1. The zero-order valence-corrected chi connectivity index (χ0v) is 42.5. The number of likely N-dealkylation sites (N-methyl/N-ethyl adjacent to an activating group) is 1. The first-order chi connectivity index (χ1) is 30.0. The molecule has 0 spiro atoms. The molecule has 3 unspecified atom stereocenters. The fraction of sp³-hybridized carbons (Fsp3) is 0.868. The zero-order valence-electron chi connectivity index (χ0n) is 41.6. The number of hydrogen-bond donors (Lipinski definition) is 2. The highest BCUT2D eigenvalue weighted by atomic mass is 31.2. The van der Waals surface area contributed by atoms with E-state index in [9.17, 15) is 19.4 Å². The maximum Gasteiger partial charge on any atom is 0.268 e. The quantitative estimate of drug-likeness (QED) is 0.0273. The molecule has 9 heteroatoms. The zero-order chi connectivity index (χ0) is 45.7. The largest absolute Gasteiger partial charge is 0.756 e. The molecule has 0 aliphatic rings. The van der Waals surface area contributed by atoms with Crippen LogP contribution in [0.5, 0.6) is 0 Å². The van der Waals surface area contributed by atoms with Crippen LogP contribution < -0.4 is 10.2 Å². The lowest BCUT2D eigenvalue weighted by Crippen LogP contribution is -2.45. The lowest BCUT2D eigenvalue weighted by Gasteiger charge is -2.29. The van der Waals surface area contributed by atoms with Gasteiger partial charge in [0.2, 0.25) is 5.91 Å². The Kier molecular flexibility index (Phi) is 44.0. The summed E-state index contributed by atoms with van der Waals surface area (Å²) in [5, 5.41) is 13.8. The van der Waals surface area contributed by atoms with Gasteiger partial charge in [-0.25, -0.2) is 0 Å². The minimum Gasteiger partial charge on any atom is -0.756 e. The van der Waals surface area contributed by atoms with Gasteiger partial charge in [0.25, 0.3) is 7.82 Å². The van der Waals surface area contributed by atoms with E-state index in [1.54, 1.807) is 6.08 Å². The first-order valence-corrected chi connectivity index (χ1v) is 27.8. The van der Waals surface area contributed by atoms with Crippen LogP contribution in [0.15, 0.2) is 36.5 Å². The van der Waals surface area contributed by atoms with Crippen molar-refractivity contribution in [1.29, 1.82) is 0 Å². The highest BCUT2D eigenvalue weighted by Crippen LogP contribution is 2.38. The summed E-state index contributed by atoms with van der Waals surface area (Å²) >= 11 is 0. The number of quaternary nitrogens is 1. The SMILES string of the molecule is CCCCCC/C=C/CC/C=C/CC/C=C/C(O)C(COP(=O)([O-])OCC[N+](C)(C)C)NC(=O)CCCCCCCCCCCCCCCCCCCCCCCCCCCC. The maximum absolute atomic E-state index is 12.9. The van der Waals surface area contributed by atoms with Crippen molar-refractivity contribution in [3.05, 3.63) is 36.5 Å². The number of carbonyl (C=O) groups excluding carboxylic acids is 1. The van der Waals surface area contributed by atoms with E-state index in [-0.39, 0.29) is 12.5 Å². The third-order valence-corrected chi connectivity index (χ3v) is 12.8. The fourth-order valence-electron chi connectivity index (χ4n) is 7.66. The van der Waals surface area contributed by atoms with Crippen molar-refractivity contribution in [2.75, 3.05) is 40.9 Å². The summed E-state index contributed by atoms with van der Waals surface area (Å²) in [6, 6.07) is -0.906. The number of amides is 1. The fourth-order valence-corrected chi connectivity index (χ4v) is 8.38. The molecule has 0 aromatic carbocycles. The Bertz CT molecular complexity index is 1110. The van der Waals surface area contributed by atoms with Crippen LogP contribution in [0.4, 0.5) is 0 Å². The molecule has 366 valence electrons. The number of carbonyl (C=O) groups is 1. The van der Waals surface area contributed by atoms with Crippen molar-refractivity contribution >= 4 is 13.7 Å². The third kappa shape index (κ3) is 46.7. The van der Waals surface area contributed by atoms with Crippen molar-refractivity contribution in [2.24, 2.45) is 0 Å². The van der Waals surface area contributed by atoms with Crippen LogP contribution in [-0.2, 0) is 18.4 Å². The van der Waals surface area contributed by atoms with Gasteiger partial charge >= 0.3 is 0 Å². The molecule has 0 heterocycles. The van der Waals surface area contributed by atoms with Gasteiger partial charge in [0.05, 0.1) is 39.9 Å². The highest BCUT2D eigenvalue weighted by molar-refractivity contribution is 7.45. The summed E-state index contributed by atoms with van der Waals surface area (Å²) in [6.45, 7) is 4.62. The van der Waals surface area contributed by atoms with Crippen LogP contribution in [-0.4, -0.2) is 68.5 Å². The minimum atomic E-state index is -4.60. The van der Waals surface area contributed by atoms with Gasteiger partial charge in [-0.05, 0) is 44.9 Å². The van der Waals surface area contributed by atoms with Crippen molar-refractivity contribution in [3.8, 4) is 0 Å². The van der Waals surface area contributed by atoms with Crippen LogP contribution in [0.25, 0.3) is 0 Å². The van der Waals surface area contributed by atoms with Crippen molar-refractivity contribution in [2.45, 2.75) is 257 Å². The Hall–Kier alpha value is -1.28. The summed E-state index contributed by atoms with van der Waals surface area (Å²) in [5.74, 6) is -0.208. The van der Waals surface area contributed by atoms with Crippen LogP contribution in [0.2, 0.25) is 0 Å². The number of rotatable bonds is 48. The summed E-state index contributed by atoms with van der Waals surface area (Å²) in [7, 11) is 1.24. The van der Waals surface area contributed by atoms with Crippen LogP contribution in [0, 0.1) is 0 Å². The second-order valence-electron chi connectivity index (χ2n) is 19.2. The van der Waals surface area contributed by atoms with Gasteiger partial charge in [-0.1, -0.05) is 230 Å². The monoisotopic (exact) mass is 895 g/mol. The summed E-state index contributed by atoms with van der Waals surface area (Å²) < 4.78 is 23.2. The van der Waals surface area contributed by atoms with Gasteiger partial charge in [0.15, 0.2) is 0 Å². The molecule has 0 rings (SSSR count). The van der Waals surface area contributed by atoms with Gasteiger partial charge in [0, 0.05) is 6.42 Å². The standard InChI is InChI=1S/C53H103N2O6P/c1-6-8-10-12-14-16-18-20-22-23-24-25-26-27-28-29-30-31-32-33-35-37-39-41-43-45-47-53(57)54-51(50-61-62(58,59)60-49-48-55(3,4)5)52(56)46-44-42-40-38-36-34-21-19-17-15-13-11-9-7-2/h17,19,36,38,44,46,51-52,56H,6-16,18,20-35,37,39-43,45,47-50H2,1-5H3,(H-,54,57,58,59)/b19-17+,38-36+,46-44+. The van der Waals surface area contributed by atoms with E-state index in [2.05, 4.69) is 43.5 Å². The number of aliphatic hydroxyl groups is 1. The number of nitrogens with one attached hydrogen (secondary N) is 1. The Morgan fingerprint density at radius 1 is 0.548 bits per heavy atom. The van der Waals surface area contributed by atoms with Gasteiger partial charge in [-0.3, -0.25) is 9.36 Å². The van der Waals surface area contributed by atoms with E-state index in [0.717, 1.165) is 44.9 Å². The average molecular weight is 895 g/mol. The predicted molar refractivity (Wildman–Crippen MR) is 265 cm³/mol. The Balaban J connectivity index is 4.19. The molecule has 0 aliphatic carbocycles. The van der Waals surface area contributed by atoms with E-state index in [4.69, 9.17) is 9.05 Å². The Morgan fingerprint density at radius 3 is 1.31 bits per heavy atom. The topological polar surface area (TPSA) is 108 Å². The van der Waals surface area contributed by atoms with Gasteiger partial charge < -0.3 is 28.8 Å². The van der Waals surface area contributed by atoms with E-state index < -0.39 is 26.6 Å². The first-order valence-electron chi connectivity index (χ1n) is 26.4. The molecule has 0 aromatic rings. The normalized spacial score (nSPS) is 14.4. The molecule has 0 bridgehead atoms. The van der Waals surface area contributed by atoms with Crippen molar-refractivity contribution in [3.63, 3.8) is 0 Å². The molecule has 1 amide bonds. The van der Waals surface area contributed by atoms with Gasteiger partial charge in [-0.15, -0.1) is 0 Å². The minimum absolute atomic E-state index is 0.00771. The Labute approximate surface area is 385 Å². The molecular formula is C53H103N2O6P. The summed E-state index contributed by atoms with van der Waals surface area (Å²) in [6.07, 6.45) is 56.5. The van der Waals surface area contributed by atoms with E-state index in [1.165, 1.54) is 180 Å². The molecule has 62 heavy (non-hydrogen) atoms. The number of nitrogens with zero attached hydrogens (tertiary/aromatic N) is 1. The molecular weight excluding hydrogens is 792 g/mol. The molecule has 0 radical (unpaired) electrons. The number of aliphatic hydroxyl groups excluding tert-OH is 1. The molecule has 3 atom stereocenters. The van der Waals surface area contributed by atoms with Crippen LogP contribution in [0.1, 0.15) is 245 Å². The summed E-state index contributed by atoms with van der Waals surface area (Å²) in [5.41, 5.74) is 0. The molecule has 0 saturated carbocycles. The second-order valence-corrected chi connectivity index (χ2v) is 20.6. The molecule has 0 saturated heterocycles. The second kappa shape index (κ2) is 44.9. The lowest BCUT2D eigenvalue weighted by atomic mass is 10.0. The molecule has 0 aromatic heterocycles. The third-order valence-electron chi connectivity index (χ3n) is 11.8. The van der Waals surface area contributed by atoms with E-state index >= 15 is 0 Å². The van der Waals surface area contributed by atoms with Crippen LogP contribution in [0.3, 0.4) is 0 Å². The molecule has 0 aliphatic heterocycles. The smallest absolute Gasteiger partial charge is 0.268 e. The molecule has 0 fully saturated rings. The number of phosphoric ester groups is 1. The van der Waals surface area contributed by atoms with E-state index in [1.807, 2.05) is 27.2 Å². The number of unbranched alkanes of at least 4 members (excludes halogenated alkanes) is 31. The number of allylic oxidation sites excluding steroid dienone is 5. The Morgan fingerprint density at radius 2 is 0.903 bits per heavy atom. The molecule has 8 nitrogen and oxygen atoms in total. The van der Waals surface area contributed by atoms with Gasteiger partial charge in [-0.2, -0.15) is 0 Å². The van der Waals surface area contributed by atoms with E-state index in [0.29, 0.717) is 17.4 Å². The van der Waals surface area contributed by atoms with Crippen molar-refractivity contribution < 1.29 is 32.9 Å². The molecule has 2 N–H and O–H groups in total. The predicted octanol–water partition coefficient (Wildman–Crippen LogP) is 14.8. The maximum atomic E-state index is 12.9. The highest BCUT2D eigenvalue weighted by Gasteiger charge is 2.23. The summed E-state index contributed by atoms with van der Waals surface area (Å²) in [4.78, 5) is 25.4. The van der Waals surface area contributed by atoms with Gasteiger partial charge in [0.1, 0.15) is 13.2 Å². The average Bonchev–Trinajstić information content (AvgIpc) is 3.23.